The van der Waals surface area contributed by atoms with Crippen LogP contribution in [-0.4, -0.2) is 37.5 Å². The molecule has 0 fully saturated rings. The summed E-state index contributed by atoms with van der Waals surface area (Å²) in [5, 5.41) is 9.29. The standard InChI is InChI=1S/C13H28N4O/c1-12(2,3)10(18)15-8-9-16-11(14-7)17-13(4,5)6/h8-9H2,1-7H3,(H,15,18)(H2,14,16,17). The van der Waals surface area contributed by atoms with E-state index in [4.69, 9.17) is 0 Å². The van der Waals surface area contributed by atoms with Crippen LogP contribution in [0, 0.1) is 5.41 Å². The van der Waals surface area contributed by atoms with Crippen molar-refractivity contribution in [1.82, 2.24) is 16.0 Å². The van der Waals surface area contributed by atoms with E-state index in [1.54, 1.807) is 7.05 Å². The predicted octanol–water partition coefficient (Wildman–Crippen LogP) is 1.11. The SMILES string of the molecule is CN=C(NCCNC(=O)C(C)(C)C)NC(C)(C)C. The third kappa shape index (κ3) is 7.92. The van der Waals surface area contributed by atoms with E-state index in [1.165, 1.54) is 0 Å². The number of hydrogen-bond acceptors (Lipinski definition) is 2. The zero-order chi connectivity index (χ0) is 14.4. The molecule has 0 saturated carbocycles. The summed E-state index contributed by atoms with van der Waals surface area (Å²) in [6.45, 7) is 13.1. The summed E-state index contributed by atoms with van der Waals surface area (Å²) in [5.74, 6) is 0.801. The third-order valence-electron chi connectivity index (χ3n) is 2.10. The number of aliphatic imine (C=N–C) groups is 1. The van der Waals surface area contributed by atoms with Crippen molar-refractivity contribution in [2.24, 2.45) is 10.4 Å². The van der Waals surface area contributed by atoms with Crippen molar-refractivity contribution < 1.29 is 4.79 Å². The molecule has 106 valence electrons. The minimum absolute atomic E-state index is 0.0312. The Morgan fingerprint density at radius 3 is 1.89 bits per heavy atom. The van der Waals surface area contributed by atoms with Gasteiger partial charge in [0.2, 0.25) is 5.91 Å². The van der Waals surface area contributed by atoms with Crippen molar-refractivity contribution in [3.8, 4) is 0 Å². The lowest BCUT2D eigenvalue weighted by atomic mass is 9.96. The first-order valence-corrected chi connectivity index (χ1v) is 6.33. The smallest absolute Gasteiger partial charge is 0.225 e. The molecular weight excluding hydrogens is 228 g/mol. The van der Waals surface area contributed by atoms with Crippen molar-refractivity contribution >= 4 is 11.9 Å². The van der Waals surface area contributed by atoms with Gasteiger partial charge in [0.1, 0.15) is 0 Å². The van der Waals surface area contributed by atoms with E-state index < -0.39 is 0 Å². The largest absolute Gasteiger partial charge is 0.355 e. The van der Waals surface area contributed by atoms with Gasteiger partial charge in [-0.1, -0.05) is 20.8 Å². The molecule has 0 spiro atoms. The monoisotopic (exact) mass is 256 g/mol. The van der Waals surface area contributed by atoms with Crippen LogP contribution in [0.15, 0.2) is 4.99 Å². The van der Waals surface area contributed by atoms with Gasteiger partial charge in [-0.05, 0) is 20.8 Å². The van der Waals surface area contributed by atoms with E-state index in [9.17, 15) is 4.79 Å². The molecule has 0 radical (unpaired) electrons. The number of amides is 1. The second-order valence-electron chi connectivity index (χ2n) is 6.38. The molecule has 0 saturated heterocycles. The van der Waals surface area contributed by atoms with Gasteiger partial charge < -0.3 is 16.0 Å². The van der Waals surface area contributed by atoms with Gasteiger partial charge in [0.15, 0.2) is 5.96 Å². The van der Waals surface area contributed by atoms with Gasteiger partial charge >= 0.3 is 0 Å². The molecule has 0 aromatic heterocycles. The molecule has 5 heteroatoms. The molecule has 0 aliphatic carbocycles. The molecule has 5 nitrogen and oxygen atoms in total. The van der Waals surface area contributed by atoms with Gasteiger partial charge in [-0.25, -0.2) is 0 Å². The molecule has 0 aromatic rings. The fraction of sp³-hybridized carbons (Fsp3) is 0.846. The molecule has 0 unspecified atom stereocenters. The Morgan fingerprint density at radius 1 is 1.00 bits per heavy atom. The number of nitrogens with one attached hydrogen (secondary N) is 3. The van der Waals surface area contributed by atoms with Crippen LogP contribution in [-0.2, 0) is 4.79 Å². The van der Waals surface area contributed by atoms with Crippen molar-refractivity contribution in [1.29, 1.82) is 0 Å². The number of nitrogens with zero attached hydrogens (tertiary/aromatic N) is 1. The average molecular weight is 256 g/mol. The fourth-order valence-corrected chi connectivity index (χ4v) is 1.16. The lowest BCUT2D eigenvalue weighted by molar-refractivity contribution is -0.128. The Balaban J connectivity index is 3.94. The summed E-state index contributed by atoms with van der Waals surface area (Å²) in [4.78, 5) is 15.7. The molecule has 0 aliphatic rings. The molecule has 0 aliphatic heterocycles. The van der Waals surface area contributed by atoms with Crippen LogP contribution >= 0.6 is 0 Å². The number of rotatable bonds is 3. The van der Waals surface area contributed by atoms with Crippen molar-refractivity contribution in [2.45, 2.75) is 47.1 Å². The molecule has 0 aromatic carbocycles. The number of carbonyl (C=O) groups excluding carboxylic acids is 1. The van der Waals surface area contributed by atoms with E-state index in [0.717, 1.165) is 5.96 Å². The van der Waals surface area contributed by atoms with E-state index in [-0.39, 0.29) is 16.9 Å². The van der Waals surface area contributed by atoms with Gasteiger partial charge in [0, 0.05) is 31.1 Å². The molecule has 0 bridgehead atoms. The Morgan fingerprint density at radius 2 is 1.50 bits per heavy atom. The van der Waals surface area contributed by atoms with Crippen molar-refractivity contribution in [3.05, 3.63) is 0 Å². The molecular formula is C13H28N4O. The van der Waals surface area contributed by atoms with E-state index in [1.807, 2.05) is 20.8 Å². The predicted molar refractivity (Wildman–Crippen MR) is 76.7 cm³/mol. The summed E-state index contributed by atoms with van der Waals surface area (Å²) in [7, 11) is 1.73. The van der Waals surface area contributed by atoms with E-state index in [0.29, 0.717) is 13.1 Å². The lowest BCUT2D eigenvalue weighted by Gasteiger charge is -2.24. The molecule has 3 N–H and O–H groups in total. The quantitative estimate of drug-likeness (QED) is 0.403. The Kier molecular flexibility index (Phi) is 6.15. The number of carbonyl (C=O) groups is 1. The first-order chi connectivity index (χ1) is 8.06. The minimum atomic E-state index is -0.342. The second kappa shape index (κ2) is 6.61. The molecule has 1 amide bonds. The van der Waals surface area contributed by atoms with Gasteiger partial charge in [-0.15, -0.1) is 0 Å². The Labute approximate surface area is 111 Å². The lowest BCUT2D eigenvalue weighted by Crippen LogP contribution is -2.49. The Hall–Kier alpha value is -1.26. The van der Waals surface area contributed by atoms with Crippen LogP contribution in [0.2, 0.25) is 0 Å². The van der Waals surface area contributed by atoms with Crippen molar-refractivity contribution in [3.63, 3.8) is 0 Å². The topological polar surface area (TPSA) is 65.5 Å². The van der Waals surface area contributed by atoms with Crippen LogP contribution in [0.1, 0.15) is 41.5 Å². The summed E-state index contributed by atoms with van der Waals surface area (Å²) in [6, 6.07) is 0. The van der Waals surface area contributed by atoms with Crippen LogP contribution < -0.4 is 16.0 Å². The highest BCUT2D eigenvalue weighted by Gasteiger charge is 2.20. The fourth-order valence-electron chi connectivity index (χ4n) is 1.16. The maximum atomic E-state index is 11.6. The molecule has 18 heavy (non-hydrogen) atoms. The first kappa shape index (κ1) is 16.7. The highest BCUT2D eigenvalue weighted by atomic mass is 16.2. The minimum Gasteiger partial charge on any atom is -0.355 e. The zero-order valence-corrected chi connectivity index (χ0v) is 12.8. The second-order valence-corrected chi connectivity index (χ2v) is 6.38. The van der Waals surface area contributed by atoms with Crippen LogP contribution in [0.25, 0.3) is 0 Å². The first-order valence-electron chi connectivity index (χ1n) is 6.33. The van der Waals surface area contributed by atoms with Crippen molar-refractivity contribution in [2.75, 3.05) is 20.1 Å². The average Bonchev–Trinajstić information content (AvgIpc) is 2.19. The highest BCUT2D eigenvalue weighted by Crippen LogP contribution is 2.11. The molecule has 0 atom stereocenters. The third-order valence-corrected chi connectivity index (χ3v) is 2.10. The summed E-state index contributed by atoms with van der Waals surface area (Å²) >= 11 is 0. The van der Waals surface area contributed by atoms with Gasteiger partial charge in [-0.2, -0.15) is 0 Å². The zero-order valence-electron chi connectivity index (χ0n) is 12.8. The van der Waals surface area contributed by atoms with Gasteiger partial charge in [0.05, 0.1) is 0 Å². The number of hydrogen-bond donors (Lipinski definition) is 3. The summed E-state index contributed by atoms with van der Waals surface area (Å²) in [6.07, 6.45) is 0. The van der Waals surface area contributed by atoms with Crippen LogP contribution in [0.4, 0.5) is 0 Å². The van der Waals surface area contributed by atoms with Crippen LogP contribution in [0.3, 0.4) is 0 Å². The van der Waals surface area contributed by atoms with Crippen LogP contribution in [0.5, 0.6) is 0 Å². The highest BCUT2D eigenvalue weighted by molar-refractivity contribution is 5.82. The maximum absolute atomic E-state index is 11.6. The summed E-state index contributed by atoms with van der Waals surface area (Å²) in [5.41, 5.74) is -0.373. The number of guanidine groups is 1. The van der Waals surface area contributed by atoms with E-state index in [2.05, 4.69) is 41.7 Å². The molecule has 0 rings (SSSR count). The van der Waals surface area contributed by atoms with Gasteiger partial charge in [0.25, 0.3) is 0 Å². The maximum Gasteiger partial charge on any atom is 0.225 e. The van der Waals surface area contributed by atoms with E-state index >= 15 is 0 Å². The Bertz CT molecular complexity index is 297. The summed E-state index contributed by atoms with van der Waals surface area (Å²) < 4.78 is 0. The van der Waals surface area contributed by atoms with Gasteiger partial charge in [-0.3, -0.25) is 9.79 Å². The normalized spacial score (nSPS) is 13.2. The molecule has 0 heterocycles.